The van der Waals surface area contributed by atoms with E-state index in [0.717, 1.165) is 31.9 Å². The van der Waals surface area contributed by atoms with Crippen molar-refractivity contribution in [1.82, 2.24) is 4.90 Å². The summed E-state index contributed by atoms with van der Waals surface area (Å²) in [6.45, 7) is 6.07. The van der Waals surface area contributed by atoms with Gasteiger partial charge in [0, 0.05) is 44.1 Å². The molecule has 1 unspecified atom stereocenters. The number of carbonyl (C=O) groups excluding carboxylic acids is 1. The Hall–Kier alpha value is -2.84. The highest BCUT2D eigenvalue weighted by atomic mass is 19.1. The van der Waals surface area contributed by atoms with Gasteiger partial charge in [0.15, 0.2) is 0 Å². The Balaban J connectivity index is 1.37. The Bertz CT molecular complexity index is 793. The number of piperazine rings is 1. The molecular weight excluding hydrogens is 389 g/mol. The lowest BCUT2D eigenvalue weighted by molar-refractivity contribution is 0.0663. The minimum Gasteiger partial charge on any atom is -0.491 e. The van der Waals surface area contributed by atoms with Crippen LogP contribution in [0, 0.1) is 5.82 Å². The molecule has 0 bridgehead atoms. The van der Waals surface area contributed by atoms with Crippen molar-refractivity contribution in [1.29, 1.82) is 0 Å². The fourth-order valence-electron chi connectivity index (χ4n) is 3.30. The van der Waals surface area contributed by atoms with Gasteiger partial charge in [-0.1, -0.05) is 0 Å². The van der Waals surface area contributed by atoms with E-state index in [1.807, 2.05) is 0 Å². The van der Waals surface area contributed by atoms with Crippen LogP contribution in [-0.4, -0.2) is 68.1 Å². The summed E-state index contributed by atoms with van der Waals surface area (Å²) in [7, 11) is 0. The molecule has 2 N–H and O–H groups in total. The summed E-state index contributed by atoms with van der Waals surface area (Å²) in [4.78, 5) is 15.8. The lowest BCUT2D eigenvalue weighted by Gasteiger charge is -2.36. The number of nitrogens with one attached hydrogen (secondary N) is 1. The van der Waals surface area contributed by atoms with Gasteiger partial charge in [0.25, 0.3) is 0 Å². The van der Waals surface area contributed by atoms with E-state index in [-0.39, 0.29) is 12.4 Å². The molecule has 1 aliphatic rings. The summed E-state index contributed by atoms with van der Waals surface area (Å²) in [6, 6.07) is 13.4. The molecule has 2 aromatic rings. The summed E-state index contributed by atoms with van der Waals surface area (Å²) in [5.41, 5.74) is 1.63. The fourth-order valence-corrected chi connectivity index (χ4v) is 3.30. The highest BCUT2D eigenvalue weighted by Gasteiger charge is 2.20. The van der Waals surface area contributed by atoms with E-state index in [9.17, 15) is 14.3 Å². The lowest BCUT2D eigenvalue weighted by Crippen LogP contribution is -2.49. The summed E-state index contributed by atoms with van der Waals surface area (Å²) in [5.74, 6) is 0.384. The average molecular weight is 417 g/mol. The predicted molar refractivity (Wildman–Crippen MR) is 114 cm³/mol. The fraction of sp³-hybridized carbons (Fsp3) is 0.409. The van der Waals surface area contributed by atoms with Crippen LogP contribution >= 0.6 is 0 Å². The van der Waals surface area contributed by atoms with E-state index in [4.69, 9.17) is 9.47 Å². The van der Waals surface area contributed by atoms with Gasteiger partial charge in [-0.25, -0.2) is 9.18 Å². The molecule has 30 heavy (non-hydrogen) atoms. The first-order valence-corrected chi connectivity index (χ1v) is 10.1. The molecule has 1 saturated heterocycles. The molecule has 0 aromatic heterocycles. The number of ether oxygens (including phenoxy) is 2. The Morgan fingerprint density at radius 1 is 1.10 bits per heavy atom. The highest BCUT2D eigenvalue weighted by Crippen LogP contribution is 2.18. The maximum atomic E-state index is 13.1. The Kier molecular flexibility index (Phi) is 7.87. The van der Waals surface area contributed by atoms with Crippen LogP contribution in [0.25, 0.3) is 0 Å². The maximum absolute atomic E-state index is 13.1. The SMILES string of the molecule is CCOC(=O)Nc1ccc(OCC(O)CN2CCN(c3ccc(F)cc3)CC2)cc1. The molecule has 3 rings (SSSR count). The molecule has 0 saturated carbocycles. The van der Waals surface area contributed by atoms with Crippen molar-refractivity contribution in [3.05, 3.63) is 54.3 Å². The van der Waals surface area contributed by atoms with Crippen molar-refractivity contribution in [2.24, 2.45) is 0 Å². The molecule has 1 amide bonds. The number of halogens is 1. The van der Waals surface area contributed by atoms with Crippen LogP contribution in [0.3, 0.4) is 0 Å². The second kappa shape index (κ2) is 10.8. The third kappa shape index (κ3) is 6.60. The summed E-state index contributed by atoms with van der Waals surface area (Å²) in [5, 5.41) is 12.9. The smallest absolute Gasteiger partial charge is 0.411 e. The molecule has 0 spiro atoms. The van der Waals surface area contributed by atoms with Crippen molar-refractivity contribution in [3.8, 4) is 5.75 Å². The standard InChI is InChI=1S/C22H28FN3O4/c1-2-29-22(28)24-18-5-9-21(10-6-18)30-16-20(27)15-25-11-13-26(14-12-25)19-7-3-17(23)4-8-19/h3-10,20,27H,2,11-16H2,1H3,(H,24,28). The summed E-state index contributed by atoms with van der Waals surface area (Å²) >= 11 is 0. The van der Waals surface area contributed by atoms with E-state index < -0.39 is 12.2 Å². The normalized spacial score (nSPS) is 15.5. The van der Waals surface area contributed by atoms with Gasteiger partial charge in [0.05, 0.1) is 6.61 Å². The van der Waals surface area contributed by atoms with E-state index in [1.165, 1.54) is 12.1 Å². The van der Waals surface area contributed by atoms with Gasteiger partial charge in [-0.2, -0.15) is 0 Å². The number of β-amino-alcohol motifs (C(OH)–C–C–N with tert-alkyl or cyclic N) is 1. The van der Waals surface area contributed by atoms with Crippen LogP contribution in [0.1, 0.15) is 6.92 Å². The topological polar surface area (TPSA) is 74.3 Å². The third-order valence-electron chi connectivity index (χ3n) is 4.85. The van der Waals surface area contributed by atoms with Crippen LogP contribution in [0.15, 0.2) is 48.5 Å². The van der Waals surface area contributed by atoms with Gasteiger partial charge < -0.3 is 19.5 Å². The number of hydrogen-bond acceptors (Lipinski definition) is 6. The van der Waals surface area contributed by atoms with Gasteiger partial charge in [-0.15, -0.1) is 0 Å². The minimum absolute atomic E-state index is 0.183. The average Bonchev–Trinajstić information content (AvgIpc) is 2.75. The number of anilines is 2. The van der Waals surface area contributed by atoms with Crippen molar-refractivity contribution in [2.75, 3.05) is 56.2 Å². The maximum Gasteiger partial charge on any atom is 0.411 e. The predicted octanol–water partition coefficient (Wildman–Crippen LogP) is 2.96. The number of rotatable bonds is 8. The van der Waals surface area contributed by atoms with E-state index in [2.05, 4.69) is 15.1 Å². The lowest BCUT2D eigenvalue weighted by atomic mass is 10.2. The molecule has 0 radical (unpaired) electrons. The molecule has 8 heteroatoms. The number of amides is 1. The van der Waals surface area contributed by atoms with Crippen LogP contribution < -0.4 is 15.0 Å². The summed E-state index contributed by atoms with van der Waals surface area (Å²) in [6.07, 6.45) is -1.11. The zero-order valence-corrected chi connectivity index (χ0v) is 17.1. The third-order valence-corrected chi connectivity index (χ3v) is 4.85. The van der Waals surface area contributed by atoms with Crippen molar-refractivity contribution < 1.29 is 23.8 Å². The monoisotopic (exact) mass is 417 g/mol. The summed E-state index contributed by atoms with van der Waals surface area (Å²) < 4.78 is 23.5. The highest BCUT2D eigenvalue weighted by molar-refractivity contribution is 5.84. The van der Waals surface area contributed by atoms with Crippen molar-refractivity contribution >= 4 is 17.5 Å². The largest absolute Gasteiger partial charge is 0.491 e. The van der Waals surface area contributed by atoms with Gasteiger partial charge >= 0.3 is 6.09 Å². The van der Waals surface area contributed by atoms with Gasteiger partial charge in [0.2, 0.25) is 0 Å². The molecule has 1 fully saturated rings. The van der Waals surface area contributed by atoms with E-state index >= 15 is 0 Å². The van der Waals surface area contributed by atoms with E-state index in [1.54, 1.807) is 43.3 Å². The Labute approximate surface area is 176 Å². The molecule has 1 aliphatic heterocycles. The van der Waals surface area contributed by atoms with Crippen LogP contribution in [0.5, 0.6) is 5.75 Å². The quantitative estimate of drug-likeness (QED) is 0.688. The first-order valence-electron chi connectivity index (χ1n) is 10.1. The Morgan fingerprint density at radius 2 is 1.77 bits per heavy atom. The van der Waals surface area contributed by atoms with Gasteiger partial charge in [0.1, 0.15) is 24.3 Å². The molecule has 1 heterocycles. The van der Waals surface area contributed by atoms with Crippen LogP contribution in [0.4, 0.5) is 20.6 Å². The molecular formula is C22H28FN3O4. The number of benzene rings is 2. The Morgan fingerprint density at radius 3 is 2.40 bits per heavy atom. The van der Waals surface area contributed by atoms with Crippen LogP contribution in [0.2, 0.25) is 0 Å². The van der Waals surface area contributed by atoms with Crippen molar-refractivity contribution in [3.63, 3.8) is 0 Å². The minimum atomic E-state index is -0.611. The van der Waals surface area contributed by atoms with Gasteiger partial charge in [-0.05, 0) is 55.5 Å². The molecule has 2 aromatic carbocycles. The van der Waals surface area contributed by atoms with Gasteiger partial charge in [-0.3, -0.25) is 10.2 Å². The number of aliphatic hydroxyl groups is 1. The zero-order chi connectivity index (χ0) is 21.3. The number of aliphatic hydroxyl groups excluding tert-OH is 1. The molecule has 162 valence electrons. The first kappa shape index (κ1) is 21.9. The molecule has 0 aliphatic carbocycles. The number of carbonyl (C=O) groups is 1. The van der Waals surface area contributed by atoms with Crippen LogP contribution in [-0.2, 0) is 4.74 Å². The molecule has 1 atom stereocenters. The number of hydrogen-bond donors (Lipinski definition) is 2. The number of nitrogens with zero attached hydrogens (tertiary/aromatic N) is 2. The second-order valence-electron chi connectivity index (χ2n) is 7.10. The molecule has 7 nitrogen and oxygen atoms in total. The van der Waals surface area contributed by atoms with Crippen molar-refractivity contribution in [2.45, 2.75) is 13.0 Å². The first-order chi connectivity index (χ1) is 14.5. The second-order valence-corrected chi connectivity index (χ2v) is 7.10. The van der Waals surface area contributed by atoms with E-state index in [0.29, 0.717) is 24.6 Å². The zero-order valence-electron chi connectivity index (χ0n) is 17.1.